The van der Waals surface area contributed by atoms with Gasteiger partial charge in [0.2, 0.25) is 5.91 Å². The zero-order valence-electron chi connectivity index (χ0n) is 59.5. The number of nitriles is 2. The van der Waals surface area contributed by atoms with Crippen molar-refractivity contribution >= 4 is 64.3 Å². The van der Waals surface area contributed by atoms with Crippen LogP contribution in [0.25, 0.3) is 0 Å². The molecule has 14 rings (SSSR count). The highest BCUT2D eigenvalue weighted by atomic mass is 35.5. The summed E-state index contributed by atoms with van der Waals surface area (Å²) in [6.45, 7) is 7.26. The summed E-state index contributed by atoms with van der Waals surface area (Å²) in [5.41, 5.74) is -1.77. The number of rotatable bonds is 19. The van der Waals surface area contributed by atoms with Crippen molar-refractivity contribution in [2.24, 2.45) is 28.9 Å². The van der Waals surface area contributed by atoms with E-state index in [1.54, 1.807) is 74.5 Å². The quantitative estimate of drug-likeness (QED) is 0.0410. The summed E-state index contributed by atoms with van der Waals surface area (Å²) in [5, 5.41) is 75.3. The number of carbonyl (C=O) groups is 5. The molecule has 0 spiro atoms. The highest BCUT2D eigenvalue weighted by Gasteiger charge is 2.59. The molecule has 2 aromatic heterocycles. The van der Waals surface area contributed by atoms with E-state index >= 15 is 8.78 Å². The molecule has 566 valence electrons. The summed E-state index contributed by atoms with van der Waals surface area (Å²) in [4.78, 5) is 76.2. The minimum absolute atomic E-state index is 0.0276. The van der Waals surface area contributed by atoms with Gasteiger partial charge in [0.15, 0.2) is 17.2 Å². The molecule has 7 N–H and O–H groups in total. The lowest BCUT2D eigenvalue weighted by atomic mass is 9.77. The third-order valence-corrected chi connectivity index (χ3v) is 22.8. The van der Waals surface area contributed by atoms with Crippen LogP contribution in [0.4, 0.5) is 13.2 Å². The molecular formula is C82H77Cl3F3N7O14. The maximum atomic E-state index is 16.7. The second-order valence-corrected chi connectivity index (χ2v) is 30.0. The van der Waals surface area contributed by atoms with Crippen molar-refractivity contribution in [2.75, 3.05) is 46.2 Å². The number of primary amides is 1. The van der Waals surface area contributed by atoms with E-state index in [-0.39, 0.29) is 87.5 Å². The van der Waals surface area contributed by atoms with Gasteiger partial charge in [-0.15, -0.1) is 0 Å². The second kappa shape index (κ2) is 31.8. The Bertz CT molecular complexity index is 4890. The topological polar surface area (TPSA) is 329 Å². The monoisotopic (exact) mass is 1550 g/mol. The minimum Gasteiger partial charge on any atom is -0.478 e. The first-order valence-corrected chi connectivity index (χ1v) is 36.5. The van der Waals surface area contributed by atoms with Crippen LogP contribution in [0.15, 0.2) is 146 Å². The van der Waals surface area contributed by atoms with Crippen LogP contribution in [0.5, 0.6) is 0 Å². The van der Waals surface area contributed by atoms with Crippen molar-refractivity contribution in [3.05, 3.63) is 268 Å². The zero-order chi connectivity index (χ0) is 78.1. The summed E-state index contributed by atoms with van der Waals surface area (Å²) >= 11 is 18.1. The van der Waals surface area contributed by atoms with Gasteiger partial charge in [-0.05, 0) is 216 Å². The number of amides is 3. The van der Waals surface area contributed by atoms with Crippen molar-refractivity contribution in [3.8, 4) is 12.1 Å². The Balaban J connectivity index is 0.000000156. The van der Waals surface area contributed by atoms with Gasteiger partial charge in [0.05, 0.1) is 97.8 Å². The molecule has 3 amide bonds. The first kappa shape index (κ1) is 79.1. The number of halogens is 6. The van der Waals surface area contributed by atoms with E-state index < -0.39 is 91.7 Å². The number of nitrogens with two attached hydrogens (primary N) is 1. The fourth-order valence-electron chi connectivity index (χ4n) is 15.1. The Morgan fingerprint density at radius 1 is 0.578 bits per heavy atom. The van der Waals surface area contributed by atoms with Gasteiger partial charge in [0.1, 0.15) is 29.6 Å². The largest absolute Gasteiger partial charge is 0.478 e. The normalized spacial score (nSPS) is 20.7. The van der Waals surface area contributed by atoms with E-state index in [9.17, 15) is 59.2 Å². The number of hydrogen-bond acceptors (Lipinski definition) is 17. The lowest BCUT2D eigenvalue weighted by Crippen LogP contribution is -2.48. The lowest BCUT2D eigenvalue weighted by molar-refractivity contribution is -0.142. The molecule has 4 unspecified atom stereocenters. The number of hydrogen-bond donors (Lipinski definition) is 6. The third-order valence-electron chi connectivity index (χ3n) is 22.0. The van der Waals surface area contributed by atoms with E-state index in [1.807, 2.05) is 12.1 Å². The van der Waals surface area contributed by atoms with Crippen LogP contribution in [0.3, 0.4) is 0 Å². The molecule has 1 aliphatic carbocycles. The summed E-state index contributed by atoms with van der Waals surface area (Å²) in [7, 11) is 0. The number of benzene rings is 6. The number of aliphatic hydroxyl groups is 4. The maximum Gasteiger partial charge on any atom is 0.336 e. The molecule has 27 heteroatoms. The van der Waals surface area contributed by atoms with E-state index in [0.29, 0.717) is 134 Å². The first-order valence-electron chi connectivity index (χ1n) is 35.4. The zero-order valence-corrected chi connectivity index (χ0v) is 61.8. The summed E-state index contributed by atoms with van der Waals surface area (Å²) in [6.07, 6.45) is 7.30. The van der Waals surface area contributed by atoms with E-state index in [0.717, 1.165) is 11.0 Å². The average Bonchev–Trinajstić information content (AvgIpc) is 1.56. The Morgan fingerprint density at radius 3 is 1.39 bits per heavy atom. The number of carboxylic acids is 1. The van der Waals surface area contributed by atoms with Crippen LogP contribution in [0, 0.1) is 63.3 Å². The van der Waals surface area contributed by atoms with Crippen molar-refractivity contribution in [1.82, 2.24) is 19.8 Å². The van der Waals surface area contributed by atoms with Gasteiger partial charge in [0, 0.05) is 83.8 Å². The van der Waals surface area contributed by atoms with Gasteiger partial charge >= 0.3 is 5.97 Å². The predicted octanol–water partition coefficient (Wildman–Crippen LogP) is 12.8. The molecule has 6 aromatic carbocycles. The third kappa shape index (κ3) is 15.6. The number of pyridine rings is 2. The molecule has 21 nitrogen and oxygen atoms in total. The highest BCUT2D eigenvalue weighted by molar-refractivity contribution is 6.31. The van der Waals surface area contributed by atoms with Gasteiger partial charge in [-0.25, -0.2) is 18.0 Å². The number of ether oxygens (including phenoxy) is 4. The van der Waals surface area contributed by atoms with Crippen molar-refractivity contribution < 1.29 is 81.6 Å². The second-order valence-electron chi connectivity index (χ2n) is 28.7. The maximum absolute atomic E-state index is 16.7. The van der Waals surface area contributed by atoms with Gasteiger partial charge in [-0.2, -0.15) is 10.5 Å². The van der Waals surface area contributed by atoms with Crippen molar-refractivity contribution in [3.63, 3.8) is 0 Å². The molecule has 0 bridgehead atoms. The number of nitrogens with zero attached hydrogens (tertiary/aromatic N) is 6. The molecule has 4 fully saturated rings. The Labute approximate surface area is 641 Å². The molecule has 6 aliphatic rings. The number of carboxylic acid groups (broad SMARTS) is 1. The van der Waals surface area contributed by atoms with Crippen LogP contribution in [0.1, 0.15) is 181 Å². The van der Waals surface area contributed by atoms with Crippen LogP contribution in [-0.4, -0.2) is 121 Å². The van der Waals surface area contributed by atoms with Crippen molar-refractivity contribution in [1.29, 1.82) is 10.5 Å². The number of aromatic nitrogens is 2. The molecule has 8 aromatic rings. The summed E-state index contributed by atoms with van der Waals surface area (Å²) in [5.74, 6) is -7.01. The smallest absolute Gasteiger partial charge is 0.336 e. The molecule has 109 heavy (non-hydrogen) atoms. The molecule has 5 aliphatic heterocycles. The fraction of sp³-hybridized carbons (Fsp3) is 0.354. The number of carbonyl (C=O) groups excluding carboxylic acids is 4. The molecule has 5 atom stereocenters. The Morgan fingerprint density at radius 2 is 0.972 bits per heavy atom. The SMILES string of the molecule is CC(O)(c1cc(F)c(C(=O)c2ccc(Cl)cc2)c(C(=O)O)c1)C1CCOCC1.CC(O)(c1cc(F)c2c(c1)C(=O)N(Cc1ccc(C#N)cn1)C2(O)c1ccc(Cl)cc1)C1CCOCC1.CC(O)(c1cc(F)c2c(c1)C(=O)N(Cc1ccc(C#N)cn1)[C@@]2(OCC1(C(N)=O)CC1)c1ccc(Cl)cc1)C1CCOCC1. The van der Waals surface area contributed by atoms with Gasteiger partial charge in [-0.1, -0.05) is 59.1 Å². The number of aromatic carboxylic acids is 1. The first-order chi connectivity index (χ1) is 51.9. The Hall–Kier alpha value is -9.51. The van der Waals surface area contributed by atoms with Crippen LogP contribution in [-0.2, 0) is 65.1 Å². The van der Waals surface area contributed by atoms with Crippen LogP contribution in [0.2, 0.25) is 15.1 Å². The van der Waals surface area contributed by atoms with Gasteiger partial charge in [-0.3, -0.25) is 38.9 Å². The standard InChI is InChI=1S/C33H32ClFN4O5.C28H25ClFN3O4.C21H20ClFO5/c1-31(42,21-8-12-43-13-9-21)23-14-26-28(27(35)15-23)33(22-3-5-24(34)6-4-22,44-19-32(10-11-32)30(37)41)39(29(26)40)18-25-7-2-20(16-36)17-38-25;1-27(35,18-8-10-37-11-9-18)20-12-23-25(24(30)13-20)28(36,19-3-5-21(29)6-4-19)33(26(23)34)16-22-7-2-17(14-31)15-32-22;1-21(27,13-6-8-28-9-7-13)14-10-16(20(25)26)18(17(23)11-14)19(24)12-2-4-15(22)5-3-12/h2-7,14-15,17,21,42H,8-13,18-19H2,1H3,(H2,37,41);2-7,12-13,15,18,35-36H,8-11,16H2,1H3;2-5,10-11,13,27H,6-9H2,1H3,(H,25,26)/t31?,33-;;/m1../s1. The van der Waals surface area contributed by atoms with Gasteiger partial charge in [0.25, 0.3) is 11.8 Å². The molecule has 3 saturated heterocycles. The van der Waals surface area contributed by atoms with Gasteiger partial charge < -0.3 is 50.2 Å². The summed E-state index contributed by atoms with van der Waals surface area (Å²) in [6, 6.07) is 36.5. The van der Waals surface area contributed by atoms with E-state index in [1.165, 1.54) is 90.9 Å². The molecular weight excluding hydrogens is 1470 g/mol. The van der Waals surface area contributed by atoms with Crippen LogP contribution >= 0.6 is 34.8 Å². The van der Waals surface area contributed by atoms with E-state index in [4.69, 9.17) is 64.7 Å². The molecule has 0 radical (unpaired) electrons. The average molecular weight is 1550 g/mol. The molecule has 1 saturated carbocycles. The predicted molar refractivity (Wildman–Crippen MR) is 392 cm³/mol. The summed E-state index contributed by atoms with van der Waals surface area (Å²) < 4.78 is 70.4. The number of ketones is 1. The molecule has 7 heterocycles. The number of fused-ring (bicyclic) bond motifs is 2. The van der Waals surface area contributed by atoms with Crippen LogP contribution < -0.4 is 5.73 Å². The minimum atomic E-state index is -2.15. The van der Waals surface area contributed by atoms with Crippen molar-refractivity contribution in [2.45, 2.75) is 113 Å². The highest BCUT2D eigenvalue weighted by Crippen LogP contribution is 2.54. The fourth-order valence-corrected chi connectivity index (χ4v) is 15.5. The Kier molecular flexibility index (Phi) is 23.1. The lowest BCUT2D eigenvalue weighted by Gasteiger charge is -2.40. The van der Waals surface area contributed by atoms with E-state index in [2.05, 4.69) is 9.97 Å².